The summed E-state index contributed by atoms with van der Waals surface area (Å²) >= 11 is 0. The number of nitrogens with one attached hydrogen (secondary N) is 2. The minimum Gasteiger partial charge on any atom is -0.454 e. The minimum absolute atomic E-state index is 0.168. The van der Waals surface area contributed by atoms with Crippen LogP contribution in [0.15, 0.2) is 21.5 Å². The average molecular weight is 336 g/mol. The SMILES string of the molecule is CCCCCCCCCNC(=NCc1ccc(C(N)=O)o1)NCC. The Balaban J connectivity index is 2.28. The van der Waals surface area contributed by atoms with Gasteiger partial charge in [0.25, 0.3) is 5.91 Å². The third-order valence-electron chi connectivity index (χ3n) is 3.71. The second kappa shape index (κ2) is 12.4. The first kappa shape index (κ1) is 20.1. The summed E-state index contributed by atoms with van der Waals surface area (Å²) in [5.74, 6) is 0.993. The van der Waals surface area contributed by atoms with Gasteiger partial charge in [0.2, 0.25) is 0 Å². The maximum absolute atomic E-state index is 11.0. The lowest BCUT2D eigenvalue weighted by molar-refractivity contribution is 0.0972. The summed E-state index contributed by atoms with van der Waals surface area (Å²) in [6, 6.07) is 3.30. The van der Waals surface area contributed by atoms with Crippen LogP contribution >= 0.6 is 0 Å². The van der Waals surface area contributed by atoms with E-state index in [0.717, 1.165) is 25.5 Å². The predicted molar refractivity (Wildman–Crippen MR) is 98.0 cm³/mol. The number of amides is 1. The monoisotopic (exact) mass is 336 g/mol. The van der Waals surface area contributed by atoms with Gasteiger partial charge in [-0.3, -0.25) is 4.79 Å². The molecule has 0 aliphatic rings. The van der Waals surface area contributed by atoms with E-state index in [9.17, 15) is 4.79 Å². The maximum Gasteiger partial charge on any atom is 0.284 e. The Morgan fingerprint density at radius 3 is 2.42 bits per heavy atom. The Morgan fingerprint density at radius 2 is 1.79 bits per heavy atom. The van der Waals surface area contributed by atoms with Crippen molar-refractivity contribution in [1.29, 1.82) is 0 Å². The van der Waals surface area contributed by atoms with Gasteiger partial charge in [0, 0.05) is 13.1 Å². The number of unbranched alkanes of at least 4 members (excludes halogenated alkanes) is 6. The predicted octanol–water partition coefficient (Wildman–Crippen LogP) is 3.18. The molecule has 0 aliphatic carbocycles. The number of nitrogens with two attached hydrogens (primary N) is 1. The summed E-state index contributed by atoms with van der Waals surface area (Å²) in [5, 5.41) is 6.53. The molecular weight excluding hydrogens is 304 g/mol. The second-order valence-electron chi connectivity index (χ2n) is 5.87. The number of hydrogen-bond donors (Lipinski definition) is 3. The van der Waals surface area contributed by atoms with E-state index >= 15 is 0 Å². The van der Waals surface area contributed by atoms with Crippen LogP contribution in [0.1, 0.15) is 75.1 Å². The Kier molecular flexibility index (Phi) is 10.4. The van der Waals surface area contributed by atoms with E-state index in [0.29, 0.717) is 12.3 Å². The van der Waals surface area contributed by atoms with Crippen molar-refractivity contribution in [2.75, 3.05) is 13.1 Å². The average Bonchev–Trinajstić information content (AvgIpc) is 3.04. The van der Waals surface area contributed by atoms with E-state index in [-0.39, 0.29) is 5.76 Å². The molecule has 0 saturated heterocycles. The van der Waals surface area contributed by atoms with Crippen LogP contribution in [0, 0.1) is 0 Å². The summed E-state index contributed by atoms with van der Waals surface area (Å²) < 4.78 is 5.33. The van der Waals surface area contributed by atoms with Crippen LogP contribution in [0.2, 0.25) is 0 Å². The number of nitrogens with zero attached hydrogens (tertiary/aromatic N) is 1. The van der Waals surface area contributed by atoms with Crippen LogP contribution in [0.4, 0.5) is 0 Å². The first-order valence-corrected chi connectivity index (χ1v) is 9.08. The van der Waals surface area contributed by atoms with Gasteiger partial charge in [0.1, 0.15) is 12.3 Å². The van der Waals surface area contributed by atoms with Gasteiger partial charge in [0.15, 0.2) is 11.7 Å². The molecule has 0 radical (unpaired) electrons. The summed E-state index contributed by atoms with van der Waals surface area (Å²) in [7, 11) is 0. The van der Waals surface area contributed by atoms with E-state index in [1.54, 1.807) is 12.1 Å². The highest BCUT2D eigenvalue weighted by Crippen LogP contribution is 2.08. The molecule has 0 aliphatic heterocycles. The van der Waals surface area contributed by atoms with Crippen molar-refractivity contribution in [1.82, 2.24) is 10.6 Å². The molecular formula is C18H32N4O2. The van der Waals surface area contributed by atoms with Gasteiger partial charge in [-0.05, 0) is 25.5 Å². The third-order valence-corrected chi connectivity index (χ3v) is 3.71. The number of furan rings is 1. The van der Waals surface area contributed by atoms with Crippen molar-refractivity contribution in [3.63, 3.8) is 0 Å². The smallest absolute Gasteiger partial charge is 0.284 e. The zero-order chi connectivity index (χ0) is 17.6. The first-order valence-electron chi connectivity index (χ1n) is 9.08. The van der Waals surface area contributed by atoms with Gasteiger partial charge in [-0.15, -0.1) is 0 Å². The number of rotatable bonds is 12. The number of carbonyl (C=O) groups excluding carboxylic acids is 1. The molecule has 1 aromatic heterocycles. The van der Waals surface area contributed by atoms with Gasteiger partial charge < -0.3 is 20.8 Å². The van der Waals surface area contributed by atoms with E-state index < -0.39 is 5.91 Å². The molecule has 4 N–H and O–H groups in total. The number of carbonyl (C=O) groups is 1. The highest BCUT2D eigenvalue weighted by molar-refractivity contribution is 5.89. The zero-order valence-electron chi connectivity index (χ0n) is 15.1. The van der Waals surface area contributed by atoms with Gasteiger partial charge in [-0.2, -0.15) is 0 Å². The fourth-order valence-electron chi connectivity index (χ4n) is 2.38. The molecule has 0 aromatic carbocycles. The number of guanidine groups is 1. The van der Waals surface area contributed by atoms with Crippen molar-refractivity contribution in [2.45, 2.75) is 65.3 Å². The summed E-state index contributed by atoms with van der Waals surface area (Å²) in [5.41, 5.74) is 5.17. The van der Waals surface area contributed by atoms with Gasteiger partial charge in [-0.25, -0.2) is 4.99 Å². The largest absolute Gasteiger partial charge is 0.454 e. The van der Waals surface area contributed by atoms with Crippen LogP contribution < -0.4 is 16.4 Å². The molecule has 1 heterocycles. The fourth-order valence-corrected chi connectivity index (χ4v) is 2.38. The van der Waals surface area contributed by atoms with Crippen LogP contribution in [-0.2, 0) is 6.54 Å². The lowest BCUT2D eigenvalue weighted by Gasteiger charge is -2.10. The van der Waals surface area contributed by atoms with Crippen LogP contribution in [0.25, 0.3) is 0 Å². The van der Waals surface area contributed by atoms with Crippen LogP contribution in [-0.4, -0.2) is 25.0 Å². The molecule has 0 bridgehead atoms. The van der Waals surface area contributed by atoms with E-state index in [1.807, 2.05) is 6.92 Å². The van der Waals surface area contributed by atoms with E-state index in [4.69, 9.17) is 10.2 Å². The Morgan fingerprint density at radius 1 is 1.08 bits per heavy atom. The van der Waals surface area contributed by atoms with Gasteiger partial charge >= 0.3 is 0 Å². The Bertz CT molecular complexity index is 497. The van der Waals surface area contributed by atoms with Crippen LogP contribution in [0.3, 0.4) is 0 Å². The quantitative estimate of drug-likeness (QED) is 0.310. The van der Waals surface area contributed by atoms with Gasteiger partial charge in [-0.1, -0.05) is 45.4 Å². The van der Waals surface area contributed by atoms with Crippen LogP contribution in [0.5, 0.6) is 0 Å². The highest BCUT2D eigenvalue weighted by atomic mass is 16.3. The van der Waals surface area contributed by atoms with Gasteiger partial charge in [0.05, 0.1) is 0 Å². The molecule has 0 spiro atoms. The number of aliphatic imine (C=N–C) groups is 1. The summed E-state index contributed by atoms with van der Waals surface area (Å²) in [6.07, 6.45) is 9.02. The molecule has 1 rings (SSSR count). The van der Waals surface area contributed by atoms with Crippen molar-refractivity contribution in [2.24, 2.45) is 10.7 Å². The highest BCUT2D eigenvalue weighted by Gasteiger charge is 2.06. The minimum atomic E-state index is -0.561. The van der Waals surface area contributed by atoms with Crippen molar-refractivity contribution >= 4 is 11.9 Å². The molecule has 6 heteroatoms. The molecule has 0 atom stereocenters. The number of hydrogen-bond acceptors (Lipinski definition) is 3. The molecule has 1 aromatic rings. The lowest BCUT2D eigenvalue weighted by Crippen LogP contribution is -2.37. The molecule has 24 heavy (non-hydrogen) atoms. The van der Waals surface area contributed by atoms with Crippen molar-refractivity contribution in [3.8, 4) is 0 Å². The van der Waals surface area contributed by atoms with E-state index in [1.165, 1.54) is 38.5 Å². The molecule has 136 valence electrons. The standard InChI is InChI=1S/C18H32N4O2/c1-3-5-6-7-8-9-10-13-21-18(20-4-2)22-14-15-11-12-16(24-15)17(19)23/h11-12H,3-10,13-14H2,1-2H3,(H2,19,23)(H2,20,21,22). The lowest BCUT2D eigenvalue weighted by atomic mass is 10.1. The molecule has 0 unspecified atom stereocenters. The van der Waals surface area contributed by atoms with E-state index in [2.05, 4.69) is 22.5 Å². The number of primary amides is 1. The maximum atomic E-state index is 11.0. The molecule has 1 amide bonds. The third kappa shape index (κ3) is 8.60. The van der Waals surface area contributed by atoms with Crippen molar-refractivity contribution in [3.05, 3.63) is 23.7 Å². The summed E-state index contributed by atoms with van der Waals surface area (Å²) in [4.78, 5) is 15.5. The molecule has 0 fully saturated rings. The Hall–Kier alpha value is -1.98. The molecule has 0 saturated carbocycles. The Labute approximate surface area is 145 Å². The zero-order valence-corrected chi connectivity index (χ0v) is 15.1. The fraction of sp³-hybridized carbons (Fsp3) is 0.667. The molecule has 6 nitrogen and oxygen atoms in total. The van der Waals surface area contributed by atoms with Crippen molar-refractivity contribution < 1.29 is 9.21 Å². The summed E-state index contributed by atoms with van der Waals surface area (Å²) in [6.45, 7) is 6.35. The first-order chi connectivity index (χ1) is 11.7. The topological polar surface area (TPSA) is 92.6 Å². The normalized spacial score (nSPS) is 11.5. The second-order valence-corrected chi connectivity index (χ2v) is 5.87.